The van der Waals surface area contributed by atoms with Crippen molar-refractivity contribution < 1.29 is 19.1 Å². The number of aromatic nitrogens is 1. The summed E-state index contributed by atoms with van der Waals surface area (Å²) in [5, 5.41) is 5.98. The number of anilines is 3. The summed E-state index contributed by atoms with van der Waals surface area (Å²) in [5.41, 5.74) is 2.05. The highest BCUT2D eigenvalue weighted by molar-refractivity contribution is 5.95. The first-order valence-electron chi connectivity index (χ1n) is 9.80. The van der Waals surface area contributed by atoms with Crippen LogP contribution in [0.3, 0.4) is 0 Å². The van der Waals surface area contributed by atoms with Gasteiger partial charge in [0.05, 0.1) is 18.8 Å². The summed E-state index contributed by atoms with van der Waals surface area (Å²) in [5.74, 6) is -0.229. The van der Waals surface area contributed by atoms with E-state index in [4.69, 9.17) is 9.47 Å². The van der Waals surface area contributed by atoms with Crippen molar-refractivity contribution in [1.29, 1.82) is 0 Å². The van der Waals surface area contributed by atoms with E-state index in [1.807, 2.05) is 24.3 Å². The van der Waals surface area contributed by atoms with Crippen molar-refractivity contribution in [2.75, 3.05) is 48.4 Å². The molecule has 1 aromatic heterocycles. The van der Waals surface area contributed by atoms with Crippen LogP contribution in [0, 0.1) is 0 Å². The first-order chi connectivity index (χ1) is 14.2. The quantitative estimate of drug-likeness (QED) is 0.694. The first-order valence-corrected chi connectivity index (χ1v) is 9.80. The number of hydrogen-bond donors (Lipinski definition) is 2. The summed E-state index contributed by atoms with van der Waals surface area (Å²) in [6, 6.07) is 11.4. The second kappa shape index (κ2) is 8.91. The summed E-state index contributed by atoms with van der Waals surface area (Å²) in [7, 11) is 0. The average molecular weight is 396 g/mol. The standard InChI is InChI=1S/C21H24N4O4/c26-20(24-17-4-6-18(7-5-17)25-9-11-28-12-10-25)14-29-21(27)15-1-8-19(22-13-15)23-16-2-3-16/h1,4-8,13,16H,2-3,9-12,14H2,(H,22,23)(H,24,26). The molecule has 2 fully saturated rings. The number of morpholine rings is 1. The molecule has 8 nitrogen and oxygen atoms in total. The Labute approximate surface area is 169 Å². The summed E-state index contributed by atoms with van der Waals surface area (Å²) in [6.07, 6.45) is 3.75. The van der Waals surface area contributed by atoms with Crippen LogP contribution in [-0.4, -0.2) is 55.8 Å². The second-order valence-electron chi connectivity index (χ2n) is 7.12. The molecule has 0 bridgehead atoms. The third-order valence-corrected chi connectivity index (χ3v) is 4.79. The number of hydrogen-bond acceptors (Lipinski definition) is 7. The summed E-state index contributed by atoms with van der Waals surface area (Å²) in [4.78, 5) is 30.6. The molecule has 4 rings (SSSR count). The molecule has 1 aliphatic heterocycles. The van der Waals surface area contributed by atoms with E-state index >= 15 is 0 Å². The molecule has 1 saturated heterocycles. The molecule has 29 heavy (non-hydrogen) atoms. The highest BCUT2D eigenvalue weighted by atomic mass is 16.5. The van der Waals surface area contributed by atoms with E-state index in [0.717, 1.165) is 50.7 Å². The second-order valence-corrected chi connectivity index (χ2v) is 7.12. The molecule has 1 amide bonds. The van der Waals surface area contributed by atoms with Gasteiger partial charge >= 0.3 is 5.97 Å². The molecule has 8 heteroatoms. The van der Waals surface area contributed by atoms with Crippen molar-refractivity contribution >= 4 is 29.1 Å². The molecule has 2 heterocycles. The van der Waals surface area contributed by atoms with Crippen molar-refractivity contribution in [1.82, 2.24) is 4.98 Å². The number of esters is 1. The van der Waals surface area contributed by atoms with Crippen LogP contribution in [-0.2, 0) is 14.3 Å². The molecule has 152 valence electrons. The van der Waals surface area contributed by atoms with E-state index in [9.17, 15) is 9.59 Å². The van der Waals surface area contributed by atoms with Gasteiger partial charge in [0.2, 0.25) is 0 Å². The molecule has 0 unspecified atom stereocenters. The molecule has 1 saturated carbocycles. The van der Waals surface area contributed by atoms with Gasteiger partial charge in [-0.1, -0.05) is 0 Å². The smallest absolute Gasteiger partial charge is 0.340 e. The zero-order valence-electron chi connectivity index (χ0n) is 16.1. The maximum Gasteiger partial charge on any atom is 0.340 e. The van der Waals surface area contributed by atoms with E-state index < -0.39 is 11.9 Å². The highest BCUT2D eigenvalue weighted by Gasteiger charge is 2.21. The number of benzene rings is 1. The van der Waals surface area contributed by atoms with Crippen molar-refractivity contribution in [2.45, 2.75) is 18.9 Å². The minimum atomic E-state index is -0.576. The van der Waals surface area contributed by atoms with Gasteiger partial charge in [-0.25, -0.2) is 9.78 Å². The molecule has 0 radical (unpaired) electrons. The van der Waals surface area contributed by atoms with E-state index in [-0.39, 0.29) is 6.61 Å². The summed E-state index contributed by atoms with van der Waals surface area (Å²) < 4.78 is 10.4. The molecule has 0 spiro atoms. The van der Waals surface area contributed by atoms with Crippen LogP contribution in [0.5, 0.6) is 0 Å². The predicted octanol–water partition coefficient (Wildman–Crippen LogP) is 2.29. The molecular formula is C21H24N4O4. The minimum absolute atomic E-state index is 0.314. The fraction of sp³-hybridized carbons (Fsp3) is 0.381. The number of rotatable bonds is 7. The normalized spacial score (nSPS) is 16.2. The Bertz CT molecular complexity index is 844. The van der Waals surface area contributed by atoms with E-state index in [2.05, 4.69) is 20.5 Å². The average Bonchev–Trinajstić information content (AvgIpc) is 3.58. The van der Waals surface area contributed by atoms with Gasteiger partial charge in [0, 0.05) is 36.7 Å². The minimum Gasteiger partial charge on any atom is -0.452 e. The molecule has 2 N–H and O–H groups in total. The third-order valence-electron chi connectivity index (χ3n) is 4.79. The molecular weight excluding hydrogens is 372 g/mol. The SMILES string of the molecule is O=C(COC(=O)c1ccc(NC2CC2)nc1)Nc1ccc(N2CCOCC2)cc1. The molecule has 0 atom stereocenters. The predicted molar refractivity (Wildman–Crippen MR) is 109 cm³/mol. The Morgan fingerprint density at radius 3 is 2.52 bits per heavy atom. The number of ether oxygens (including phenoxy) is 2. The van der Waals surface area contributed by atoms with E-state index in [0.29, 0.717) is 17.3 Å². The van der Waals surface area contributed by atoms with Crippen LogP contribution in [0.4, 0.5) is 17.2 Å². The fourth-order valence-electron chi connectivity index (χ4n) is 3.03. The molecule has 1 aromatic carbocycles. The van der Waals surface area contributed by atoms with Crippen molar-refractivity contribution in [3.8, 4) is 0 Å². The Morgan fingerprint density at radius 2 is 1.86 bits per heavy atom. The van der Waals surface area contributed by atoms with Gasteiger partial charge in [-0.3, -0.25) is 4.79 Å². The van der Waals surface area contributed by atoms with Crippen LogP contribution in [0.2, 0.25) is 0 Å². The summed E-state index contributed by atoms with van der Waals surface area (Å²) >= 11 is 0. The number of carbonyl (C=O) groups excluding carboxylic acids is 2. The number of nitrogens with one attached hydrogen (secondary N) is 2. The Kier molecular flexibility index (Phi) is 5.90. The topological polar surface area (TPSA) is 92.8 Å². The van der Waals surface area contributed by atoms with Crippen LogP contribution < -0.4 is 15.5 Å². The van der Waals surface area contributed by atoms with Gasteiger partial charge in [0.15, 0.2) is 6.61 Å². The number of amides is 1. The Morgan fingerprint density at radius 1 is 1.10 bits per heavy atom. The lowest BCUT2D eigenvalue weighted by atomic mass is 10.2. The van der Waals surface area contributed by atoms with Crippen LogP contribution in [0.15, 0.2) is 42.6 Å². The number of carbonyl (C=O) groups is 2. The molecule has 1 aliphatic carbocycles. The summed E-state index contributed by atoms with van der Waals surface area (Å²) in [6.45, 7) is 2.80. The first kappa shape index (κ1) is 19.2. The highest BCUT2D eigenvalue weighted by Crippen LogP contribution is 2.23. The zero-order valence-corrected chi connectivity index (χ0v) is 16.1. The number of nitrogens with zero attached hydrogens (tertiary/aromatic N) is 2. The van der Waals surface area contributed by atoms with E-state index in [1.165, 1.54) is 6.20 Å². The van der Waals surface area contributed by atoms with Gasteiger partial charge in [0.1, 0.15) is 5.82 Å². The Hall–Kier alpha value is -3.13. The maximum atomic E-state index is 12.1. The third kappa shape index (κ3) is 5.45. The van der Waals surface area contributed by atoms with Crippen LogP contribution >= 0.6 is 0 Å². The van der Waals surface area contributed by atoms with Crippen LogP contribution in [0.1, 0.15) is 23.2 Å². The monoisotopic (exact) mass is 396 g/mol. The molecule has 2 aliphatic rings. The Balaban J connectivity index is 1.23. The van der Waals surface area contributed by atoms with Gasteiger partial charge in [-0.05, 0) is 49.2 Å². The van der Waals surface area contributed by atoms with E-state index in [1.54, 1.807) is 12.1 Å². The molecule has 2 aromatic rings. The van der Waals surface area contributed by atoms with Gasteiger partial charge < -0.3 is 25.0 Å². The van der Waals surface area contributed by atoms with Crippen molar-refractivity contribution in [3.63, 3.8) is 0 Å². The lowest BCUT2D eigenvalue weighted by Crippen LogP contribution is -2.36. The fourth-order valence-corrected chi connectivity index (χ4v) is 3.03. The largest absolute Gasteiger partial charge is 0.452 e. The van der Waals surface area contributed by atoms with Gasteiger partial charge in [0.25, 0.3) is 5.91 Å². The van der Waals surface area contributed by atoms with Crippen molar-refractivity contribution in [2.24, 2.45) is 0 Å². The lowest BCUT2D eigenvalue weighted by Gasteiger charge is -2.28. The van der Waals surface area contributed by atoms with Crippen LogP contribution in [0.25, 0.3) is 0 Å². The van der Waals surface area contributed by atoms with Crippen molar-refractivity contribution in [3.05, 3.63) is 48.2 Å². The van der Waals surface area contributed by atoms with Gasteiger partial charge in [-0.15, -0.1) is 0 Å². The number of pyridine rings is 1. The maximum absolute atomic E-state index is 12.1. The van der Waals surface area contributed by atoms with Gasteiger partial charge in [-0.2, -0.15) is 0 Å². The zero-order chi connectivity index (χ0) is 20.1. The lowest BCUT2D eigenvalue weighted by molar-refractivity contribution is -0.119.